The van der Waals surface area contributed by atoms with Crippen LogP contribution in [-0.4, -0.2) is 42.0 Å². The third-order valence-corrected chi connectivity index (χ3v) is 5.32. The van der Waals surface area contributed by atoms with E-state index in [0.29, 0.717) is 18.0 Å². The Morgan fingerprint density at radius 1 is 1.23 bits per heavy atom. The number of rotatable bonds is 2. The van der Waals surface area contributed by atoms with Crippen LogP contribution < -0.4 is 4.90 Å². The minimum absolute atomic E-state index is 0.0412. The van der Waals surface area contributed by atoms with Crippen molar-refractivity contribution in [2.45, 2.75) is 6.92 Å². The van der Waals surface area contributed by atoms with E-state index < -0.39 is 0 Å². The molecule has 22 heavy (non-hydrogen) atoms. The summed E-state index contributed by atoms with van der Waals surface area (Å²) in [5, 5.41) is 0. The largest absolute Gasteiger partial charge is 0.368 e. The van der Waals surface area contributed by atoms with Gasteiger partial charge in [0.15, 0.2) is 3.92 Å². The maximum Gasteiger partial charge on any atom is 0.266 e. The Balaban J connectivity index is 1.65. The van der Waals surface area contributed by atoms with Gasteiger partial charge in [-0.15, -0.1) is 11.3 Å². The first-order valence-electron chi connectivity index (χ1n) is 6.97. The molecule has 0 bridgehead atoms. The third kappa shape index (κ3) is 3.15. The van der Waals surface area contributed by atoms with Crippen LogP contribution in [0.3, 0.4) is 0 Å². The van der Waals surface area contributed by atoms with Gasteiger partial charge in [0.05, 0.1) is 5.69 Å². The molecule has 0 unspecified atom stereocenters. The smallest absolute Gasteiger partial charge is 0.266 e. The quantitative estimate of drug-likeness (QED) is 0.797. The number of thiazole rings is 1. The fourth-order valence-corrected chi connectivity index (χ4v) is 4.04. The molecule has 1 saturated heterocycles. The van der Waals surface area contributed by atoms with Gasteiger partial charge in [-0.05, 0) is 47.1 Å². The van der Waals surface area contributed by atoms with E-state index >= 15 is 0 Å². The molecule has 1 aromatic heterocycles. The van der Waals surface area contributed by atoms with Crippen molar-refractivity contribution in [1.29, 1.82) is 0 Å². The van der Waals surface area contributed by atoms with Crippen LogP contribution in [0, 0.1) is 12.7 Å². The Morgan fingerprint density at radius 3 is 2.41 bits per heavy atom. The van der Waals surface area contributed by atoms with Gasteiger partial charge in [0.2, 0.25) is 0 Å². The van der Waals surface area contributed by atoms with Gasteiger partial charge >= 0.3 is 0 Å². The monoisotopic (exact) mass is 383 g/mol. The third-order valence-electron chi connectivity index (χ3n) is 3.72. The molecule has 1 aliphatic rings. The number of carbonyl (C=O) groups is 1. The zero-order valence-electron chi connectivity index (χ0n) is 12.1. The van der Waals surface area contributed by atoms with Crippen LogP contribution in [0.25, 0.3) is 0 Å². The minimum atomic E-state index is -0.233. The molecule has 1 aromatic carbocycles. The molecule has 7 heteroatoms. The molecule has 2 heterocycles. The molecule has 0 spiro atoms. The summed E-state index contributed by atoms with van der Waals surface area (Å²) in [5.41, 5.74) is 1.76. The summed E-state index contributed by atoms with van der Waals surface area (Å²) >= 11 is 4.69. The molecule has 3 rings (SSSR count). The highest BCUT2D eigenvalue weighted by Crippen LogP contribution is 2.25. The first kappa shape index (κ1) is 15.4. The molecule has 0 atom stereocenters. The second-order valence-electron chi connectivity index (χ2n) is 5.14. The van der Waals surface area contributed by atoms with Crippen LogP contribution in [-0.2, 0) is 0 Å². The molecule has 2 aromatic rings. The van der Waals surface area contributed by atoms with Crippen LogP contribution in [0.5, 0.6) is 0 Å². The van der Waals surface area contributed by atoms with Gasteiger partial charge in [0.1, 0.15) is 10.7 Å². The molecular weight excluding hydrogens is 369 g/mol. The number of carbonyl (C=O) groups excluding carboxylic acids is 1. The number of hydrogen-bond donors (Lipinski definition) is 0. The van der Waals surface area contributed by atoms with Gasteiger partial charge in [0.25, 0.3) is 5.91 Å². The first-order valence-corrected chi connectivity index (χ1v) is 8.58. The summed E-state index contributed by atoms with van der Waals surface area (Å²) in [7, 11) is 0. The molecular formula is C15H15BrFN3OS. The molecule has 0 N–H and O–H groups in total. The lowest BCUT2D eigenvalue weighted by Crippen LogP contribution is -2.48. The molecule has 1 fully saturated rings. The standard InChI is InChI=1S/C15H15BrFN3OS/c1-10-13(22-15(16)18-10)14(21)20-8-6-19(7-9-20)12-4-2-11(17)3-5-12/h2-5H,6-9H2,1H3. The Bertz CT molecular complexity index is 681. The number of aryl methyl sites for hydroxylation is 1. The van der Waals surface area contributed by atoms with Crippen molar-refractivity contribution in [3.05, 3.63) is 44.6 Å². The maximum atomic E-state index is 13.0. The van der Waals surface area contributed by atoms with Gasteiger partial charge in [-0.2, -0.15) is 0 Å². The molecule has 0 radical (unpaired) electrons. The lowest BCUT2D eigenvalue weighted by Gasteiger charge is -2.36. The average molecular weight is 384 g/mol. The molecule has 4 nitrogen and oxygen atoms in total. The van der Waals surface area contributed by atoms with E-state index in [2.05, 4.69) is 25.8 Å². The predicted molar refractivity (Wildman–Crippen MR) is 89.1 cm³/mol. The van der Waals surface area contributed by atoms with Gasteiger partial charge in [-0.3, -0.25) is 4.79 Å². The minimum Gasteiger partial charge on any atom is -0.368 e. The highest BCUT2D eigenvalue weighted by molar-refractivity contribution is 9.11. The van der Waals surface area contributed by atoms with E-state index in [1.54, 1.807) is 12.1 Å². The van der Waals surface area contributed by atoms with E-state index in [1.165, 1.54) is 23.5 Å². The number of benzene rings is 1. The SMILES string of the molecule is Cc1nc(Br)sc1C(=O)N1CCN(c2ccc(F)cc2)CC1. The summed E-state index contributed by atoms with van der Waals surface area (Å²) in [6.45, 7) is 4.66. The number of hydrogen-bond acceptors (Lipinski definition) is 4. The van der Waals surface area contributed by atoms with E-state index in [4.69, 9.17) is 0 Å². The number of piperazine rings is 1. The van der Waals surface area contributed by atoms with Crippen LogP contribution in [0.4, 0.5) is 10.1 Å². The molecule has 1 aliphatic heterocycles. The zero-order valence-corrected chi connectivity index (χ0v) is 14.5. The van der Waals surface area contributed by atoms with Crippen LogP contribution in [0.15, 0.2) is 28.2 Å². The number of amides is 1. The van der Waals surface area contributed by atoms with Crippen molar-refractivity contribution in [3.8, 4) is 0 Å². The number of nitrogens with zero attached hydrogens (tertiary/aromatic N) is 3. The topological polar surface area (TPSA) is 36.4 Å². The number of anilines is 1. The lowest BCUT2D eigenvalue weighted by atomic mass is 10.2. The van der Waals surface area contributed by atoms with Gasteiger partial charge in [-0.25, -0.2) is 9.37 Å². The Hall–Kier alpha value is -1.47. The van der Waals surface area contributed by atoms with E-state index in [9.17, 15) is 9.18 Å². The van der Waals surface area contributed by atoms with Gasteiger partial charge in [0, 0.05) is 31.9 Å². The Morgan fingerprint density at radius 2 is 1.86 bits per heavy atom. The van der Waals surface area contributed by atoms with Crippen LogP contribution >= 0.6 is 27.3 Å². The zero-order chi connectivity index (χ0) is 15.7. The van der Waals surface area contributed by atoms with Crippen LogP contribution in [0.1, 0.15) is 15.4 Å². The maximum absolute atomic E-state index is 13.0. The average Bonchev–Trinajstić information content (AvgIpc) is 2.86. The fourth-order valence-electron chi connectivity index (χ4n) is 2.53. The Kier molecular flexibility index (Phi) is 4.44. The molecule has 116 valence electrons. The first-order chi connectivity index (χ1) is 10.5. The summed E-state index contributed by atoms with van der Waals surface area (Å²) in [6, 6.07) is 6.48. The van der Waals surface area contributed by atoms with E-state index in [1.807, 2.05) is 11.8 Å². The highest BCUT2D eigenvalue weighted by Gasteiger charge is 2.25. The number of aromatic nitrogens is 1. The summed E-state index contributed by atoms with van der Waals surface area (Å²) in [4.78, 5) is 21.5. The highest BCUT2D eigenvalue weighted by atomic mass is 79.9. The molecule has 1 amide bonds. The van der Waals surface area contributed by atoms with Crippen molar-refractivity contribution in [3.63, 3.8) is 0 Å². The second-order valence-corrected chi connectivity index (χ2v) is 7.41. The van der Waals surface area contributed by atoms with Crippen molar-refractivity contribution < 1.29 is 9.18 Å². The van der Waals surface area contributed by atoms with E-state index in [0.717, 1.165) is 28.4 Å². The Labute approximate surface area is 140 Å². The summed E-state index contributed by atoms with van der Waals surface area (Å²) < 4.78 is 13.7. The summed E-state index contributed by atoms with van der Waals surface area (Å²) in [6.07, 6.45) is 0. The van der Waals surface area contributed by atoms with Crippen molar-refractivity contribution in [2.24, 2.45) is 0 Å². The fraction of sp³-hybridized carbons (Fsp3) is 0.333. The van der Waals surface area contributed by atoms with Crippen molar-refractivity contribution >= 4 is 38.9 Å². The second kappa shape index (κ2) is 6.34. The van der Waals surface area contributed by atoms with Crippen molar-refractivity contribution in [1.82, 2.24) is 9.88 Å². The molecule has 0 saturated carbocycles. The summed E-state index contributed by atoms with van der Waals surface area (Å²) in [5.74, 6) is -0.191. The predicted octanol–water partition coefficient (Wildman–Crippen LogP) is 3.32. The van der Waals surface area contributed by atoms with Gasteiger partial charge < -0.3 is 9.80 Å². The molecule has 0 aliphatic carbocycles. The number of halogens is 2. The van der Waals surface area contributed by atoms with Crippen LogP contribution in [0.2, 0.25) is 0 Å². The van der Waals surface area contributed by atoms with Crippen molar-refractivity contribution in [2.75, 3.05) is 31.1 Å². The van der Waals surface area contributed by atoms with E-state index in [-0.39, 0.29) is 11.7 Å². The van der Waals surface area contributed by atoms with Gasteiger partial charge in [-0.1, -0.05) is 0 Å². The normalized spacial score (nSPS) is 15.2. The lowest BCUT2D eigenvalue weighted by molar-refractivity contribution is 0.0750.